The number of aliphatic imine (C=N–C) groups is 1. The third kappa shape index (κ3) is 16.8. The van der Waals surface area contributed by atoms with Crippen LogP contribution in [0.1, 0.15) is 63.6 Å². The van der Waals surface area contributed by atoms with Gasteiger partial charge in [0, 0.05) is 42.9 Å². The minimum atomic E-state index is -1.38. The Morgan fingerprint density at radius 2 is 1.10 bits per heavy atom. The van der Waals surface area contributed by atoms with Crippen LogP contribution in [0.3, 0.4) is 0 Å². The van der Waals surface area contributed by atoms with E-state index in [0.29, 0.717) is 11.1 Å². The second kappa shape index (κ2) is 25.3. The highest BCUT2D eigenvalue weighted by atomic mass is 16.4. The lowest BCUT2D eigenvalue weighted by Crippen LogP contribution is -2.60. The first-order valence-electron chi connectivity index (χ1n) is 22.0. The van der Waals surface area contributed by atoms with E-state index in [0.717, 1.165) is 16.5 Å². The average molecular weight is 926 g/mol. The Balaban J connectivity index is 1.67. The summed E-state index contributed by atoms with van der Waals surface area (Å²) in [5.74, 6) is -6.06. The van der Waals surface area contributed by atoms with E-state index in [4.69, 9.17) is 17.2 Å². The number of amides is 6. The molecule has 0 aliphatic rings. The van der Waals surface area contributed by atoms with Crippen LogP contribution in [0.2, 0.25) is 0 Å². The predicted molar refractivity (Wildman–Crippen MR) is 252 cm³/mol. The minimum absolute atomic E-state index is 0.0296. The Morgan fingerprint density at radius 1 is 0.612 bits per heavy atom. The van der Waals surface area contributed by atoms with Crippen molar-refractivity contribution in [2.75, 3.05) is 6.54 Å². The number of carbonyl (C=O) groups excluding carboxylic acids is 6. The number of nitrogens with zero attached hydrogens (tertiary/aromatic N) is 1. The summed E-state index contributed by atoms with van der Waals surface area (Å²) in [4.78, 5) is 102. The number of guanidine groups is 1. The summed E-state index contributed by atoms with van der Waals surface area (Å²) < 4.78 is 0. The van der Waals surface area contributed by atoms with E-state index < -0.39 is 83.7 Å². The van der Waals surface area contributed by atoms with Gasteiger partial charge in [0.2, 0.25) is 35.4 Å². The quantitative estimate of drug-likeness (QED) is 0.0244. The lowest BCUT2D eigenvalue weighted by molar-refractivity contribution is -0.141. The van der Waals surface area contributed by atoms with Gasteiger partial charge < -0.3 is 64.3 Å². The van der Waals surface area contributed by atoms with Crippen LogP contribution in [-0.4, -0.2) is 111 Å². The molecule has 4 rings (SSSR count). The molecule has 20 heteroatoms. The maximum absolute atomic E-state index is 14.5. The predicted octanol–water partition coefficient (Wildman–Crippen LogP) is 0.362. The normalized spacial score (nSPS) is 14.2. The van der Waals surface area contributed by atoms with Gasteiger partial charge in [-0.25, -0.2) is 0 Å². The van der Waals surface area contributed by atoms with E-state index in [1.54, 1.807) is 36.5 Å². The summed E-state index contributed by atoms with van der Waals surface area (Å²) in [6.07, 6.45) is 1.85. The topological polar surface area (TPSA) is 338 Å². The summed E-state index contributed by atoms with van der Waals surface area (Å²) in [6, 6.07) is 13.5. The highest BCUT2D eigenvalue weighted by Gasteiger charge is 2.34. The number of nitrogens with two attached hydrogens (primary N) is 3. The molecule has 0 radical (unpaired) electrons. The Morgan fingerprint density at radius 3 is 1.69 bits per heavy atom. The van der Waals surface area contributed by atoms with Crippen molar-refractivity contribution < 1.29 is 43.8 Å². The van der Waals surface area contributed by atoms with Crippen LogP contribution in [0, 0.1) is 5.92 Å². The molecule has 0 fully saturated rings. The first kappa shape index (κ1) is 52.1. The number of para-hydroxylation sites is 1. The number of aromatic nitrogens is 1. The number of nitrogens with one attached hydrogen (secondary N) is 7. The Bertz CT molecular complexity index is 2350. The van der Waals surface area contributed by atoms with Gasteiger partial charge >= 0.3 is 5.97 Å². The lowest BCUT2D eigenvalue weighted by atomic mass is 9.99. The number of fused-ring (bicyclic) bond motifs is 1. The van der Waals surface area contributed by atoms with Crippen LogP contribution in [-0.2, 0) is 52.8 Å². The highest BCUT2D eigenvalue weighted by Crippen LogP contribution is 2.20. The van der Waals surface area contributed by atoms with Crippen LogP contribution in [0.5, 0.6) is 5.75 Å². The van der Waals surface area contributed by atoms with Crippen molar-refractivity contribution in [1.29, 1.82) is 0 Å². The number of carboxylic acids is 1. The second-order valence-electron chi connectivity index (χ2n) is 16.9. The van der Waals surface area contributed by atoms with Gasteiger partial charge in [0.15, 0.2) is 5.96 Å². The van der Waals surface area contributed by atoms with Gasteiger partial charge in [0.25, 0.3) is 0 Å². The van der Waals surface area contributed by atoms with Gasteiger partial charge in [0.05, 0.1) is 6.04 Å². The second-order valence-corrected chi connectivity index (χ2v) is 16.9. The summed E-state index contributed by atoms with van der Waals surface area (Å²) in [6.45, 7) is 6.51. The summed E-state index contributed by atoms with van der Waals surface area (Å²) in [5.41, 5.74) is 19.6. The number of H-pyrrole nitrogens is 1. The Hall–Kier alpha value is -7.48. The van der Waals surface area contributed by atoms with Gasteiger partial charge in [-0.1, -0.05) is 74.5 Å². The van der Waals surface area contributed by atoms with Crippen molar-refractivity contribution in [3.05, 3.63) is 102 Å². The van der Waals surface area contributed by atoms with Crippen LogP contribution >= 0.6 is 0 Å². The van der Waals surface area contributed by atoms with Crippen molar-refractivity contribution in [2.24, 2.45) is 28.1 Å². The zero-order valence-corrected chi connectivity index (χ0v) is 38.1. The SMILES string of the molecule is CC(C)C[C@H](NC(=O)[C@H](Cc1ccccc1)NC(=O)[C@H](C)N)C(=O)N[C@@H](CCCN=C(N)N)C(=O)N[C@@H](Cc1c[nH]c2ccccc12)C(=O)N[C@@H](Cc1ccc(O)cc1)C(=O)N[C@@H](C)C(=O)O. The van der Waals surface area contributed by atoms with Crippen molar-refractivity contribution in [2.45, 2.75) is 109 Å². The standard InChI is InChI=1S/C47H63N11O9/c1-26(2)21-36(56-44(64)38(55-40(60)27(3)48)22-29-11-6-5-7-12-29)43(63)54-35(15-10-20-51-47(49)50)41(61)58-39(24-31-25-52-34-14-9-8-13-33(31)34)45(65)57-37(42(62)53-28(4)46(66)67)23-30-16-18-32(59)19-17-30/h5-9,11-14,16-19,25-28,35-39,52,59H,10,15,20-24,48H2,1-4H3,(H,53,62)(H,54,63)(H,55,60)(H,56,64)(H,57,65)(H,58,61)(H,66,67)(H4,49,50,51)/t27-,28-,35-,36-,37-,38-,39-/m0/s1. The summed E-state index contributed by atoms with van der Waals surface area (Å²) in [5, 5.41) is 36.2. The van der Waals surface area contributed by atoms with Gasteiger partial charge in [-0.05, 0) is 73.9 Å². The van der Waals surface area contributed by atoms with Crippen LogP contribution in [0.4, 0.5) is 0 Å². The maximum atomic E-state index is 14.5. The zero-order valence-electron chi connectivity index (χ0n) is 38.1. The van der Waals surface area contributed by atoms with Crippen molar-refractivity contribution in [1.82, 2.24) is 36.9 Å². The van der Waals surface area contributed by atoms with Gasteiger partial charge in [-0.15, -0.1) is 0 Å². The third-order valence-corrected chi connectivity index (χ3v) is 10.7. The van der Waals surface area contributed by atoms with Gasteiger partial charge in [0.1, 0.15) is 42.0 Å². The molecule has 20 nitrogen and oxygen atoms in total. The molecule has 6 amide bonds. The molecular formula is C47H63N11O9. The molecule has 1 aromatic heterocycles. The van der Waals surface area contributed by atoms with E-state index in [2.05, 4.69) is 41.9 Å². The fraction of sp³-hybridized carbons (Fsp3) is 0.404. The number of hydrogen-bond acceptors (Lipinski definition) is 10. The van der Waals surface area contributed by atoms with Gasteiger partial charge in [-0.2, -0.15) is 0 Å². The number of rotatable bonds is 25. The molecule has 7 atom stereocenters. The molecule has 0 aliphatic carbocycles. The Kier molecular flexibility index (Phi) is 19.7. The fourth-order valence-corrected chi connectivity index (χ4v) is 7.11. The largest absolute Gasteiger partial charge is 0.508 e. The lowest BCUT2D eigenvalue weighted by Gasteiger charge is -2.28. The molecule has 0 spiro atoms. The number of phenols is 1. The average Bonchev–Trinajstić information content (AvgIpc) is 3.69. The molecule has 4 aromatic rings. The molecule has 0 bridgehead atoms. The summed E-state index contributed by atoms with van der Waals surface area (Å²) >= 11 is 0. The number of aromatic amines is 1. The van der Waals surface area contributed by atoms with Crippen molar-refractivity contribution in [3.8, 4) is 5.75 Å². The molecule has 3 aromatic carbocycles. The van der Waals surface area contributed by atoms with E-state index in [1.807, 2.05) is 38.1 Å². The smallest absolute Gasteiger partial charge is 0.325 e. The van der Waals surface area contributed by atoms with Crippen LogP contribution in [0.15, 0.2) is 90.1 Å². The number of carbonyl (C=O) groups is 7. The zero-order chi connectivity index (χ0) is 49.2. The molecule has 0 saturated carbocycles. The molecule has 0 saturated heterocycles. The number of carboxylic acid groups (broad SMARTS) is 1. The number of benzene rings is 3. The molecule has 1 heterocycles. The van der Waals surface area contributed by atoms with Crippen LogP contribution in [0.25, 0.3) is 10.9 Å². The van der Waals surface area contributed by atoms with E-state index >= 15 is 0 Å². The third-order valence-electron chi connectivity index (χ3n) is 10.7. The van der Waals surface area contributed by atoms with E-state index in [1.165, 1.54) is 38.1 Å². The molecule has 0 aliphatic heterocycles. The van der Waals surface area contributed by atoms with Crippen molar-refractivity contribution in [3.63, 3.8) is 0 Å². The Labute approximate surface area is 388 Å². The fourth-order valence-electron chi connectivity index (χ4n) is 7.11. The molecule has 360 valence electrons. The molecule has 15 N–H and O–H groups in total. The van der Waals surface area contributed by atoms with Crippen molar-refractivity contribution >= 4 is 58.3 Å². The number of phenolic OH excluding ortho intramolecular Hbond substituents is 1. The monoisotopic (exact) mass is 925 g/mol. The molecule has 67 heavy (non-hydrogen) atoms. The van der Waals surface area contributed by atoms with E-state index in [9.17, 15) is 43.8 Å². The van der Waals surface area contributed by atoms with Crippen LogP contribution < -0.4 is 49.1 Å². The van der Waals surface area contributed by atoms with Gasteiger partial charge in [-0.3, -0.25) is 38.6 Å². The van der Waals surface area contributed by atoms with E-state index in [-0.39, 0.29) is 62.7 Å². The highest BCUT2D eigenvalue weighted by molar-refractivity contribution is 5.97. The number of aliphatic carboxylic acids is 1. The first-order chi connectivity index (χ1) is 31.8. The first-order valence-corrected chi connectivity index (χ1v) is 22.0. The molecule has 0 unspecified atom stereocenters. The molecular weight excluding hydrogens is 863 g/mol. The minimum Gasteiger partial charge on any atom is -0.508 e. The summed E-state index contributed by atoms with van der Waals surface area (Å²) in [7, 11) is 0. The number of hydrogen-bond donors (Lipinski definition) is 12. The maximum Gasteiger partial charge on any atom is 0.325 e. The number of aromatic hydroxyl groups is 1.